The average Bonchev–Trinajstić information content (AvgIpc) is 3.15. The summed E-state index contributed by atoms with van der Waals surface area (Å²) in [5.41, 5.74) is 7.30. The molecule has 0 aromatic heterocycles. The molecule has 0 aliphatic carbocycles. The Labute approximate surface area is 152 Å². The number of hydrogen-bond donors (Lipinski definition) is 3. The van der Waals surface area contributed by atoms with Gasteiger partial charge in [0.2, 0.25) is 5.91 Å². The van der Waals surface area contributed by atoms with E-state index < -0.39 is 0 Å². The molecule has 1 heterocycles. The second-order valence-corrected chi connectivity index (χ2v) is 6.75. The van der Waals surface area contributed by atoms with E-state index in [2.05, 4.69) is 52.3 Å². The number of hydrazone groups is 1. The maximum atomic E-state index is 12.0. The molecule has 6 heteroatoms. The molecule has 1 amide bonds. The number of anilines is 1. The maximum Gasteiger partial charge on any atom is 0.234 e. The number of carbonyl (C=O) groups is 1. The van der Waals surface area contributed by atoms with Gasteiger partial charge in [-0.2, -0.15) is 5.10 Å². The van der Waals surface area contributed by atoms with Crippen LogP contribution in [-0.4, -0.2) is 23.5 Å². The Balaban J connectivity index is 1.55. The number of nitrogens with zero attached hydrogens (tertiary/aromatic N) is 1. The van der Waals surface area contributed by atoms with E-state index in [9.17, 15) is 4.79 Å². The molecule has 0 unspecified atom stereocenters. The van der Waals surface area contributed by atoms with Crippen LogP contribution in [0, 0.1) is 0 Å². The van der Waals surface area contributed by atoms with E-state index >= 15 is 0 Å². The van der Waals surface area contributed by atoms with Crippen LogP contribution < -0.4 is 16.1 Å². The lowest BCUT2D eigenvalue weighted by Crippen LogP contribution is -2.21. The second kappa shape index (κ2) is 8.58. The van der Waals surface area contributed by atoms with Crippen molar-refractivity contribution in [3.8, 4) is 11.1 Å². The monoisotopic (exact) mass is 354 g/mol. The number of aryl methyl sites for hydroxylation is 1. The van der Waals surface area contributed by atoms with Crippen LogP contribution in [0.4, 0.5) is 5.69 Å². The molecule has 0 bridgehead atoms. The molecule has 1 aliphatic heterocycles. The molecule has 0 saturated heterocycles. The van der Waals surface area contributed by atoms with Crippen molar-refractivity contribution in [3.05, 3.63) is 54.1 Å². The van der Waals surface area contributed by atoms with Gasteiger partial charge in [0.25, 0.3) is 0 Å². The zero-order valence-electron chi connectivity index (χ0n) is 14.2. The first kappa shape index (κ1) is 17.4. The summed E-state index contributed by atoms with van der Waals surface area (Å²) in [6.45, 7) is 2.80. The van der Waals surface area contributed by atoms with Gasteiger partial charge in [0.1, 0.15) is 6.67 Å². The van der Waals surface area contributed by atoms with Crippen LogP contribution in [0.15, 0.2) is 53.6 Å². The Morgan fingerprint density at radius 3 is 2.40 bits per heavy atom. The molecule has 2 aromatic rings. The highest BCUT2D eigenvalue weighted by atomic mass is 32.2. The van der Waals surface area contributed by atoms with E-state index in [0.29, 0.717) is 12.4 Å². The molecule has 3 rings (SSSR count). The van der Waals surface area contributed by atoms with Crippen molar-refractivity contribution in [1.29, 1.82) is 0 Å². The van der Waals surface area contributed by atoms with E-state index in [0.717, 1.165) is 29.3 Å². The predicted octanol–water partition coefficient (Wildman–Crippen LogP) is 3.40. The third-order valence-corrected chi connectivity index (χ3v) is 4.75. The van der Waals surface area contributed by atoms with Gasteiger partial charge in [0.05, 0.1) is 5.75 Å². The predicted molar refractivity (Wildman–Crippen MR) is 106 cm³/mol. The number of benzene rings is 2. The zero-order valence-corrected chi connectivity index (χ0v) is 15.0. The minimum atomic E-state index is -0.0435. The van der Waals surface area contributed by atoms with Gasteiger partial charge < -0.3 is 10.6 Å². The molecule has 0 atom stereocenters. The minimum absolute atomic E-state index is 0.0435. The van der Waals surface area contributed by atoms with Crippen LogP contribution in [-0.2, 0) is 11.2 Å². The van der Waals surface area contributed by atoms with Crippen molar-refractivity contribution < 1.29 is 4.79 Å². The van der Waals surface area contributed by atoms with Gasteiger partial charge >= 0.3 is 0 Å². The minimum Gasteiger partial charge on any atom is -0.345 e. The second-order valence-electron chi connectivity index (χ2n) is 5.79. The molecular weight excluding hydrogens is 332 g/mol. The van der Waals surface area contributed by atoms with Gasteiger partial charge in [-0.15, -0.1) is 0 Å². The molecule has 0 fully saturated rings. The number of rotatable bonds is 6. The Morgan fingerprint density at radius 2 is 1.80 bits per heavy atom. The van der Waals surface area contributed by atoms with Crippen molar-refractivity contribution in [2.75, 3.05) is 17.7 Å². The molecule has 0 radical (unpaired) electrons. The quantitative estimate of drug-likeness (QED) is 0.744. The molecule has 1 aliphatic rings. The van der Waals surface area contributed by atoms with Crippen LogP contribution in [0.5, 0.6) is 0 Å². The van der Waals surface area contributed by atoms with Crippen LogP contribution >= 0.6 is 11.8 Å². The molecular formula is C19H22N4OS. The lowest BCUT2D eigenvalue weighted by Gasteiger charge is -2.07. The fourth-order valence-electron chi connectivity index (χ4n) is 2.58. The van der Waals surface area contributed by atoms with Gasteiger partial charge in [-0.05, 0) is 35.2 Å². The van der Waals surface area contributed by atoms with Crippen LogP contribution in [0.25, 0.3) is 11.1 Å². The van der Waals surface area contributed by atoms with Crippen molar-refractivity contribution in [3.63, 3.8) is 0 Å². The lowest BCUT2D eigenvalue weighted by atomic mass is 10.0. The number of amidine groups is 1. The summed E-state index contributed by atoms with van der Waals surface area (Å²) in [6.07, 6.45) is 2.27. The van der Waals surface area contributed by atoms with Crippen molar-refractivity contribution in [2.45, 2.75) is 19.8 Å². The standard InChI is InChI=1S/C19H22N4OS/c1-2-3-14-4-6-15(7-5-14)16-8-10-17(11-9-16)22-18(24)12-25-19-20-13-21-23-19/h4-11,21H,2-3,12-13H2,1H3,(H,20,23)(H,22,24). The zero-order chi connectivity index (χ0) is 17.5. The maximum absolute atomic E-state index is 12.0. The molecule has 25 heavy (non-hydrogen) atoms. The summed E-state index contributed by atoms with van der Waals surface area (Å²) < 4.78 is 0. The largest absolute Gasteiger partial charge is 0.345 e. The van der Waals surface area contributed by atoms with Crippen LogP contribution in [0.1, 0.15) is 18.9 Å². The molecule has 0 spiro atoms. The van der Waals surface area contributed by atoms with Crippen LogP contribution in [0.3, 0.4) is 0 Å². The first-order chi connectivity index (χ1) is 12.2. The van der Waals surface area contributed by atoms with Crippen molar-refractivity contribution in [1.82, 2.24) is 10.7 Å². The van der Waals surface area contributed by atoms with Crippen LogP contribution in [0.2, 0.25) is 0 Å². The first-order valence-corrected chi connectivity index (χ1v) is 9.39. The van der Waals surface area contributed by atoms with E-state index in [1.807, 2.05) is 24.3 Å². The molecule has 130 valence electrons. The Kier molecular flexibility index (Phi) is 5.95. The normalized spacial score (nSPS) is 12.9. The van der Waals surface area contributed by atoms with E-state index in [-0.39, 0.29) is 5.91 Å². The third-order valence-electron chi connectivity index (χ3n) is 3.83. The Morgan fingerprint density at radius 1 is 1.12 bits per heavy atom. The highest BCUT2D eigenvalue weighted by Gasteiger charge is 2.09. The number of carbonyl (C=O) groups excluding carboxylic acids is 1. The average molecular weight is 354 g/mol. The van der Waals surface area contributed by atoms with Gasteiger partial charge in [-0.25, -0.2) is 0 Å². The van der Waals surface area contributed by atoms with E-state index in [4.69, 9.17) is 0 Å². The molecule has 2 aromatic carbocycles. The van der Waals surface area contributed by atoms with Gasteiger partial charge in [0.15, 0.2) is 5.17 Å². The molecule has 0 saturated carbocycles. The Bertz CT molecular complexity index is 741. The van der Waals surface area contributed by atoms with Crippen molar-refractivity contribution in [2.24, 2.45) is 5.10 Å². The summed E-state index contributed by atoms with van der Waals surface area (Å²) >= 11 is 1.38. The third kappa shape index (κ3) is 5.00. The molecule has 5 nitrogen and oxygen atoms in total. The lowest BCUT2D eigenvalue weighted by molar-refractivity contribution is -0.113. The Hall–Kier alpha value is -2.47. The number of amides is 1. The summed E-state index contributed by atoms with van der Waals surface area (Å²) in [5.74, 6) is 0.284. The topological polar surface area (TPSA) is 65.5 Å². The van der Waals surface area contributed by atoms with Gasteiger partial charge in [-0.1, -0.05) is 61.5 Å². The highest BCUT2D eigenvalue weighted by molar-refractivity contribution is 8.14. The number of hydrogen-bond acceptors (Lipinski definition) is 5. The summed E-state index contributed by atoms with van der Waals surface area (Å²) in [4.78, 5) is 12.0. The number of thioether (sulfide) groups is 1. The molecule has 3 N–H and O–H groups in total. The van der Waals surface area contributed by atoms with Gasteiger partial charge in [0, 0.05) is 5.69 Å². The summed E-state index contributed by atoms with van der Waals surface area (Å²) in [5, 5.41) is 10.7. The summed E-state index contributed by atoms with van der Waals surface area (Å²) in [7, 11) is 0. The van der Waals surface area contributed by atoms with Crippen molar-refractivity contribution >= 4 is 28.5 Å². The smallest absolute Gasteiger partial charge is 0.234 e. The fraction of sp³-hybridized carbons (Fsp3) is 0.263. The van der Waals surface area contributed by atoms with E-state index in [1.54, 1.807) is 0 Å². The SMILES string of the molecule is CCCc1ccc(-c2ccc(NC(=O)CSC3=NNCN3)cc2)cc1. The number of nitrogens with one attached hydrogen (secondary N) is 3. The van der Waals surface area contributed by atoms with E-state index in [1.165, 1.54) is 22.9 Å². The first-order valence-electron chi connectivity index (χ1n) is 8.41. The fourth-order valence-corrected chi connectivity index (χ4v) is 3.22. The summed E-state index contributed by atoms with van der Waals surface area (Å²) in [6, 6.07) is 16.6. The highest BCUT2D eigenvalue weighted by Crippen LogP contribution is 2.22. The van der Waals surface area contributed by atoms with Gasteiger partial charge in [-0.3, -0.25) is 10.2 Å².